The highest BCUT2D eigenvalue weighted by Crippen LogP contribution is 2.17. The molecule has 2 aliphatic heterocycles. The van der Waals surface area contributed by atoms with Crippen LogP contribution in [0.15, 0.2) is 30.5 Å². The minimum atomic E-state index is -0.167. The van der Waals surface area contributed by atoms with E-state index in [9.17, 15) is 4.79 Å². The third-order valence-electron chi connectivity index (χ3n) is 5.48. The van der Waals surface area contributed by atoms with Crippen LogP contribution in [0.5, 0.6) is 0 Å². The SMILES string of the molecule is Cl.Cl.O=C(NCc1cccc(CN2CCCC2)c1)c1cn(C2CCNCC2)nn1. The number of hydrogen-bond donors (Lipinski definition) is 2. The van der Waals surface area contributed by atoms with E-state index < -0.39 is 0 Å². The second-order valence-electron chi connectivity index (χ2n) is 7.55. The summed E-state index contributed by atoms with van der Waals surface area (Å²) >= 11 is 0. The van der Waals surface area contributed by atoms with Gasteiger partial charge in [0, 0.05) is 13.1 Å². The fraction of sp³-hybridized carbons (Fsp3) is 0.550. The van der Waals surface area contributed by atoms with Crippen molar-refractivity contribution >= 4 is 30.7 Å². The number of nitrogens with one attached hydrogen (secondary N) is 2. The normalized spacial score (nSPS) is 17.4. The Bertz CT molecular complexity index is 772. The fourth-order valence-electron chi connectivity index (χ4n) is 3.94. The van der Waals surface area contributed by atoms with Crippen molar-refractivity contribution in [2.24, 2.45) is 0 Å². The van der Waals surface area contributed by atoms with Gasteiger partial charge in [0.05, 0.1) is 12.2 Å². The Morgan fingerprint density at radius 3 is 2.62 bits per heavy atom. The van der Waals surface area contributed by atoms with Gasteiger partial charge in [0.2, 0.25) is 0 Å². The zero-order valence-corrected chi connectivity index (χ0v) is 18.2. The topological polar surface area (TPSA) is 75.1 Å². The minimum Gasteiger partial charge on any atom is -0.347 e. The zero-order chi connectivity index (χ0) is 18.5. The van der Waals surface area contributed by atoms with E-state index in [0.717, 1.165) is 38.0 Å². The van der Waals surface area contributed by atoms with Crippen LogP contribution in [-0.4, -0.2) is 52.0 Å². The number of hydrogen-bond acceptors (Lipinski definition) is 5. The van der Waals surface area contributed by atoms with Crippen molar-refractivity contribution in [2.75, 3.05) is 26.2 Å². The van der Waals surface area contributed by atoms with Crippen LogP contribution < -0.4 is 10.6 Å². The van der Waals surface area contributed by atoms with Crippen molar-refractivity contribution in [2.45, 2.75) is 44.8 Å². The number of benzene rings is 1. The molecule has 160 valence electrons. The predicted octanol–water partition coefficient (Wildman–Crippen LogP) is 2.57. The molecule has 2 aliphatic rings. The number of amides is 1. The monoisotopic (exact) mass is 440 g/mol. The second kappa shape index (κ2) is 11.5. The van der Waals surface area contributed by atoms with Crippen LogP contribution in [0.4, 0.5) is 0 Å². The highest BCUT2D eigenvalue weighted by atomic mass is 35.5. The first kappa shape index (κ1) is 23.6. The summed E-state index contributed by atoms with van der Waals surface area (Å²) in [6, 6.07) is 8.81. The van der Waals surface area contributed by atoms with Gasteiger partial charge in [-0.05, 0) is 63.0 Å². The molecule has 2 aromatic rings. The molecule has 3 heterocycles. The number of halogens is 2. The van der Waals surface area contributed by atoms with E-state index in [0.29, 0.717) is 18.3 Å². The number of piperidine rings is 1. The molecule has 0 radical (unpaired) electrons. The standard InChI is InChI=1S/C20H28N6O.2ClH/c27-20(19-15-26(24-23-19)18-6-8-21-9-7-18)22-13-16-4-3-5-17(12-16)14-25-10-1-2-11-25;;/h3-5,12,15,18,21H,1-2,6-11,13-14H2,(H,22,27);2*1H. The molecule has 2 fully saturated rings. The Labute approximate surface area is 184 Å². The van der Waals surface area contributed by atoms with Gasteiger partial charge in [-0.25, -0.2) is 4.68 Å². The zero-order valence-electron chi connectivity index (χ0n) is 16.5. The van der Waals surface area contributed by atoms with E-state index in [1.807, 2.05) is 4.68 Å². The first-order valence-electron chi connectivity index (χ1n) is 9.99. The summed E-state index contributed by atoms with van der Waals surface area (Å²) < 4.78 is 1.84. The Morgan fingerprint density at radius 2 is 1.86 bits per heavy atom. The van der Waals surface area contributed by atoms with Crippen LogP contribution in [0.25, 0.3) is 0 Å². The van der Waals surface area contributed by atoms with Gasteiger partial charge in [-0.15, -0.1) is 29.9 Å². The summed E-state index contributed by atoms with van der Waals surface area (Å²) in [5.41, 5.74) is 2.81. The fourth-order valence-corrected chi connectivity index (χ4v) is 3.94. The van der Waals surface area contributed by atoms with Gasteiger partial charge in [-0.3, -0.25) is 9.69 Å². The van der Waals surface area contributed by atoms with E-state index >= 15 is 0 Å². The Balaban J connectivity index is 0.00000150. The third kappa shape index (κ3) is 6.40. The number of nitrogens with zero attached hydrogens (tertiary/aromatic N) is 4. The van der Waals surface area contributed by atoms with Gasteiger partial charge in [0.15, 0.2) is 5.69 Å². The second-order valence-corrected chi connectivity index (χ2v) is 7.55. The molecule has 9 heteroatoms. The molecule has 0 saturated carbocycles. The van der Waals surface area contributed by atoms with Crippen molar-refractivity contribution in [3.8, 4) is 0 Å². The minimum absolute atomic E-state index is 0. The summed E-state index contributed by atoms with van der Waals surface area (Å²) in [6.45, 7) is 5.85. The lowest BCUT2D eigenvalue weighted by Gasteiger charge is -2.22. The third-order valence-corrected chi connectivity index (χ3v) is 5.48. The molecule has 0 aliphatic carbocycles. The summed E-state index contributed by atoms with van der Waals surface area (Å²) in [6.07, 6.45) is 6.42. The predicted molar refractivity (Wildman–Crippen MR) is 118 cm³/mol. The Hall–Kier alpha value is -1.67. The van der Waals surface area contributed by atoms with Gasteiger partial charge in [-0.1, -0.05) is 29.5 Å². The lowest BCUT2D eigenvalue weighted by molar-refractivity contribution is 0.0945. The molecule has 2 saturated heterocycles. The van der Waals surface area contributed by atoms with Crippen LogP contribution in [0.1, 0.15) is 53.3 Å². The lowest BCUT2D eigenvalue weighted by atomic mass is 10.1. The highest BCUT2D eigenvalue weighted by Gasteiger charge is 2.18. The summed E-state index contributed by atoms with van der Waals surface area (Å²) in [7, 11) is 0. The average Bonchev–Trinajstić information content (AvgIpc) is 3.39. The Morgan fingerprint density at radius 1 is 1.14 bits per heavy atom. The van der Waals surface area contributed by atoms with Crippen molar-refractivity contribution in [1.82, 2.24) is 30.5 Å². The first-order chi connectivity index (χ1) is 13.3. The Kier molecular flexibility index (Phi) is 9.36. The molecule has 1 aromatic carbocycles. The molecule has 0 atom stereocenters. The highest BCUT2D eigenvalue weighted by molar-refractivity contribution is 5.91. The smallest absolute Gasteiger partial charge is 0.273 e. The van der Waals surface area contributed by atoms with Crippen molar-refractivity contribution < 1.29 is 4.79 Å². The van der Waals surface area contributed by atoms with Crippen LogP contribution in [0, 0.1) is 0 Å². The lowest BCUT2D eigenvalue weighted by Crippen LogP contribution is -2.29. The van der Waals surface area contributed by atoms with Gasteiger partial charge < -0.3 is 10.6 Å². The van der Waals surface area contributed by atoms with E-state index in [1.165, 1.54) is 31.5 Å². The molecule has 29 heavy (non-hydrogen) atoms. The summed E-state index contributed by atoms with van der Waals surface area (Å²) in [4.78, 5) is 14.9. The summed E-state index contributed by atoms with van der Waals surface area (Å²) in [5, 5.41) is 14.5. The summed E-state index contributed by atoms with van der Waals surface area (Å²) in [5.74, 6) is -0.167. The van der Waals surface area contributed by atoms with Gasteiger partial charge >= 0.3 is 0 Å². The maximum absolute atomic E-state index is 12.4. The van der Waals surface area contributed by atoms with Crippen molar-refractivity contribution in [3.63, 3.8) is 0 Å². The number of carbonyl (C=O) groups excluding carboxylic acids is 1. The molecular formula is C20H30Cl2N6O. The van der Waals surface area contributed by atoms with Gasteiger partial charge in [-0.2, -0.15) is 0 Å². The molecule has 1 amide bonds. The van der Waals surface area contributed by atoms with Crippen LogP contribution in [0.3, 0.4) is 0 Å². The van der Waals surface area contributed by atoms with E-state index in [1.54, 1.807) is 6.20 Å². The largest absolute Gasteiger partial charge is 0.347 e. The van der Waals surface area contributed by atoms with Gasteiger partial charge in [0.1, 0.15) is 0 Å². The molecule has 1 aromatic heterocycles. The van der Waals surface area contributed by atoms with Crippen LogP contribution in [0.2, 0.25) is 0 Å². The van der Waals surface area contributed by atoms with Gasteiger partial charge in [0.25, 0.3) is 5.91 Å². The number of aromatic nitrogens is 3. The molecule has 4 rings (SSSR count). The number of rotatable bonds is 6. The first-order valence-corrected chi connectivity index (χ1v) is 9.99. The maximum atomic E-state index is 12.4. The average molecular weight is 441 g/mol. The van der Waals surface area contributed by atoms with Crippen molar-refractivity contribution in [3.05, 3.63) is 47.3 Å². The van der Waals surface area contributed by atoms with E-state index in [-0.39, 0.29) is 30.7 Å². The maximum Gasteiger partial charge on any atom is 0.273 e. The molecule has 0 spiro atoms. The molecular weight excluding hydrogens is 411 g/mol. The quantitative estimate of drug-likeness (QED) is 0.721. The molecule has 0 bridgehead atoms. The molecule has 2 N–H and O–H groups in total. The molecule has 0 unspecified atom stereocenters. The van der Waals surface area contributed by atoms with Crippen LogP contribution in [-0.2, 0) is 13.1 Å². The van der Waals surface area contributed by atoms with E-state index in [2.05, 4.69) is 50.1 Å². The molecule has 7 nitrogen and oxygen atoms in total. The number of likely N-dealkylation sites (tertiary alicyclic amines) is 1. The van der Waals surface area contributed by atoms with Crippen LogP contribution >= 0.6 is 24.8 Å². The van der Waals surface area contributed by atoms with Crippen molar-refractivity contribution in [1.29, 1.82) is 0 Å². The van der Waals surface area contributed by atoms with E-state index in [4.69, 9.17) is 0 Å². The number of carbonyl (C=O) groups is 1.